The Labute approximate surface area is 138 Å². The number of hydrogen-bond acceptors (Lipinski definition) is 4. The van der Waals surface area contributed by atoms with Crippen molar-refractivity contribution in [2.45, 2.75) is 0 Å². The first-order valence-corrected chi connectivity index (χ1v) is 7.95. The van der Waals surface area contributed by atoms with Gasteiger partial charge in [0.05, 0.1) is 20.8 Å². The van der Waals surface area contributed by atoms with Crippen molar-refractivity contribution in [3.05, 3.63) is 51.5 Å². The van der Waals surface area contributed by atoms with Crippen molar-refractivity contribution < 1.29 is 4.79 Å². The lowest BCUT2D eigenvalue weighted by Gasteiger charge is -2.05. The third kappa shape index (κ3) is 2.88. The number of rotatable bonds is 2. The molecule has 0 saturated heterocycles. The molecule has 1 aromatic heterocycles. The Morgan fingerprint density at radius 3 is 2.95 bits per heavy atom. The van der Waals surface area contributed by atoms with E-state index in [1.807, 2.05) is 12.1 Å². The molecular formula is C14H9BrClN3OS. The molecule has 1 heterocycles. The second-order valence-corrected chi connectivity index (χ2v) is 6.56. The van der Waals surface area contributed by atoms with Crippen LogP contribution in [0.5, 0.6) is 0 Å². The van der Waals surface area contributed by atoms with Gasteiger partial charge in [-0.15, -0.1) is 0 Å². The Balaban J connectivity index is 1.91. The van der Waals surface area contributed by atoms with E-state index in [0.29, 0.717) is 25.9 Å². The number of thiazole rings is 1. The van der Waals surface area contributed by atoms with Crippen LogP contribution in [0.1, 0.15) is 10.4 Å². The van der Waals surface area contributed by atoms with Gasteiger partial charge in [-0.05, 0) is 46.3 Å². The number of amides is 1. The smallest absolute Gasteiger partial charge is 0.258 e. The van der Waals surface area contributed by atoms with Gasteiger partial charge >= 0.3 is 0 Å². The van der Waals surface area contributed by atoms with Crippen LogP contribution >= 0.6 is 38.9 Å². The maximum absolute atomic E-state index is 12.3. The van der Waals surface area contributed by atoms with Gasteiger partial charge in [-0.2, -0.15) is 0 Å². The molecule has 0 aliphatic carbocycles. The van der Waals surface area contributed by atoms with E-state index in [1.165, 1.54) is 11.3 Å². The molecule has 0 spiro atoms. The van der Waals surface area contributed by atoms with E-state index < -0.39 is 0 Å². The van der Waals surface area contributed by atoms with Crippen LogP contribution < -0.4 is 11.1 Å². The number of benzene rings is 2. The van der Waals surface area contributed by atoms with E-state index >= 15 is 0 Å². The summed E-state index contributed by atoms with van der Waals surface area (Å²) in [6, 6.07) is 10.6. The highest BCUT2D eigenvalue weighted by molar-refractivity contribution is 9.10. The molecule has 7 heteroatoms. The lowest BCUT2D eigenvalue weighted by atomic mass is 10.2. The summed E-state index contributed by atoms with van der Waals surface area (Å²) in [5, 5.41) is 3.64. The molecule has 1 amide bonds. The molecule has 3 aromatic rings. The van der Waals surface area contributed by atoms with Crippen LogP contribution in [0, 0.1) is 0 Å². The minimum Gasteiger partial charge on any atom is -0.399 e. The molecule has 0 radical (unpaired) electrons. The van der Waals surface area contributed by atoms with Crippen molar-refractivity contribution in [2.24, 2.45) is 0 Å². The number of anilines is 2. The summed E-state index contributed by atoms with van der Waals surface area (Å²) < 4.78 is 1.60. The molecule has 2 aromatic carbocycles. The highest BCUT2D eigenvalue weighted by Gasteiger charge is 2.14. The number of aromatic nitrogens is 1. The number of halogens is 2. The fourth-order valence-corrected chi connectivity index (χ4v) is 3.33. The zero-order valence-electron chi connectivity index (χ0n) is 10.6. The van der Waals surface area contributed by atoms with E-state index in [-0.39, 0.29) is 5.91 Å². The summed E-state index contributed by atoms with van der Waals surface area (Å²) in [5.74, 6) is -0.298. The second kappa shape index (κ2) is 5.63. The molecular weight excluding hydrogens is 374 g/mol. The Hall–Kier alpha value is -1.63. The molecule has 0 unspecified atom stereocenters. The minimum atomic E-state index is -0.298. The highest BCUT2D eigenvalue weighted by atomic mass is 79.9. The number of nitrogens with zero attached hydrogens (tertiary/aromatic N) is 1. The van der Waals surface area contributed by atoms with Gasteiger partial charge in [-0.3, -0.25) is 10.1 Å². The molecule has 3 rings (SSSR count). The average Bonchev–Trinajstić information content (AvgIpc) is 2.83. The van der Waals surface area contributed by atoms with Gasteiger partial charge in [0.25, 0.3) is 5.91 Å². The molecule has 0 atom stereocenters. The maximum Gasteiger partial charge on any atom is 0.258 e. The van der Waals surface area contributed by atoms with Crippen LogP contribution in [-0.2, 0) is 0 Å². The Morgan fingerprint density at radius 2 is 2.14 bits per heavy atom. The summed E-state index contributed by atoms with van der Waals surface area (Å²) in [7, 11) is 0. The van der Waals surface area contributed by atoms with Crippen molar-refractivity contribution in [3.8, 4) is 0 Å². The molecule has 3 N–H and O–H groups in total. The SMILES string of the molecule is Nc1ccc2nc(NC(=O)c3cccc(Br)c3Cl)sc2c1. The van der Waals surface area contributed by atoms with Crippen LogP contribution in [0.15, 0.2) is 40.9 Å². The molecule has 0 bridgehead atoms. The van der Waals surface area contributed by atoms with Gasteiger partial charge in [0.15, 0.2) is 5.13 Å². The van der Waals surface area contributed by atoms with E-state index in [1.54, 1.807) is 24.3 Å². The number of hydrogen-bond donors (Lipinski definition) is 2. The minimum absolute atomic E-state index is 0.298. The third-order valence-electron chi connectivity index (χ3n) is 2.83. The average molecular weight is 383 g/mol. The van der Waals surface area contributed by atoms with Gasteiger partial charge in [-0.1, -0.05) is 29.0 Å². The third-order valence-corrected chi connectivity index (χ3v) is 5.06. The summed E-state index contributed by atoms with van der Waals surface area (Å²) >= 11 is 10.8. The fraction of sp³-hybridized carbons (Fsp3) is 0. The molecule has 0 aliphatic heterocycles. The Kier molecular flexibility index (Phi) is 3.84. The van der Waals surface area contributed by atoms with Crippen molar-refractivity contribution in [1.29, 1.82) is 0 Å². The number of carbonyl (C=O) groups excluding carboxylic acids is 1. The molecule has 0 saturated carbocycles. The maximum atomic E-state index is 12.3. The first kappa shape index (κ1) is 14.3. The summed E-state index contributed by atoms with van der Waals surface area (Å²) in [5.41, 5.74) is 7.59. The molecule has 106 valence electrons. The normalized spacial score (nSPS) is 10.8. The van der Waals surface area contributed by atoms with Crippen LogP contribution in [0.25, 0.3) is 10.2 Å². The van der Waals surface area contributed by atoms with E-state index in [2.05, 4.69) is 26.2 Å². The van der Waals surface area contributed by atoms with Gasteiger partial charge < -0.3 is 5.73 Å². The van der Waals surface area contributed by atoms with Crippen LogP contribution in [-0.4, -0.2) is 10.9 Å². The van der Waals surface area contributed by atoms with Crippen LogP contribution in [0.2, 0.25) is 5.02 Å². The first-order chi connectivity index (χ1) is 10.0. The van der Waals surface area contributed by atoms with Crippen LogP contribution in [0.3, 0.4) is 0 Å². The van der Waals surface area contributed by atoms with Crippen LogP contribution in [0.4, 0.5) is 10.8 Å². The molecule has 21 heavy (non-hydrogen) atoms. The fourth-order valence-electron chi connectivity index (χ4n) is 1.84. The zero-order chi connectivity index (χ0) is 15.0. The monoisotopic (exact) mass is 381 g/mol. The number of nitrogens with two attached hydrogens (primary N) is 1. The summed E-state index contributed by atoms with van der Waals surface area (Å²) in [6.45, 7) is 0. The van der Waals surface area contributed by atoms with Crippen molar-refractivity contribution >= 4 is 65.8 Å². The number of fused-ring (bicyclic) bond motifs is 1. The quantitative estimate of drug-likeness (QED) is 0.639. The zero-order valence-corrected chi connectivity index (χ0v) is 13.7. The number of nitrogen functional groups attached to an aromatic ring is 1. The van der Waals surface area contributed by atoms with E-state index in [0.717, 1.165) is 10.2 Å². The summed E-state index contributed by atoms with van der Waals surface area (Å²) in [4.78, 5) is 16.6. The first-order valence-electron chi connectivity index (χ1n) is 5.96. The molecule has 0 fully saturated rings. The number of carbonyl (C=O) groups is 1. The Morgan fingerprint density at radius 1 is 1.33 bits per heavy atom. The lowest BCUT2D eigenvalue weighted by molar-refractivity contribution is 0.102. The predicted molar refractivity (Wildman–Crippen MR) is 91.1 cm³/mol. The van der Waals surface area contributed by atoms with Gasteiger partial charge in [0, 0.05) is 10.2 Å². The lowest BCUT2D eigenvalue weighted by Crippen LogP contribution is -2.12. The van der Waals surface area contributed by atoms with Gasteiger partial charge in [0.1, 0.15) is 0 Å². The van der Waals surface area contributed by atoms with Gasteiger partial charge in [0.2, 0.25) is 0 Å². The Bertz CT molecular complexity index is 849. The van der Waals surface area contributed by atoms with Crippen molar-refractivity contribution in [1.82, 2.24) is 4.98 Å². The summed E-state index contributed by atoms with van der Waals surface area (Å²) in [6.07, 6.45) is 0. The second-order valence-electron chi connectivity index (χ2n) is 4.30. The van der Waals surface area contributed by atoms with Crippen molar-refractivity contribution in [2.75, 3.05) is 11.1 Å². The molecule has 0 aliphatic rings. The van der Waals surface area contributed by atoms with Crippen molar-refractivity contribution in [3.63, 3.8) is 0 Å². The highest BCUT2D eigenvalue weighted by Crippen LogP contribution is 2.30. The van der Waals surface area contributed by atoms with E-state index in [4.69, 9.17) is 17.3 Å². The van der Waals surface area contributed by atoms with Gasteiger partial charge in [-0.25, -0.2) is 4.98 Å². The number of nitrogens with one attached hydrogen (secondary N) is 1. The predicted octanol–water partition coefficient (Wildman–Crippen LogP) is 4.55. The molecule has 4 nitrogen and oxygen atoms in total. The largest absolute Gasteiger partial charge is 0.399 e. The standard InChI is InChI=1S/C14H9BrClN3OS/c15-9-3-1-2-8(12(9)16)13(20)19-14-18-10-5-4-7(17)6-11(10)21-14/h1-6H,17H2,(H,18,19,20). The topological polar surface area (TPSA) is 68.0 Å². The van der Waals surface area contributed by atoms with E-state index in [9.17, 15) is 4.79 Å².